The number of benzene rings is 1. The van der Waals surface area contributed by atoms with E-state index in [2.05, 4.69) is 10.6 Å². The molecule has 1 aromatic carbocycles. The monoisotopic (exact) mass is 310 g/mol. The van der Waals surface area contributed by atoms with Gasteiger partial charge in [-0.15, -0.1) is 0 Å². The summed E-state index contributed by atoms with van der Waals surface area (Å²) in [4.78, 5) is 23.9. The van der Waals surface area contributed by atoms with Crippen LogP contribution in [0.3, 0.4) is 0 Å². The molecule has 6 heteroatoms. The Bertz CT molecular complexity index is 554. The predicted molar refractivity (Wildman–Crippen MR) is 81.9 cm³/mol. The maximum atomic E-state index is 12.6. The van der Waals surface area contributed by atoms with Crippen molar-refractivity contribution in [2.24, 2.45) is 5.41 Å². The largest absolute Gasteiger partial charge is 0.478 e. The Kier molecular flexibility index (Phi) is 4.85. The molecule has 0 bridgehead atoms. The molecule has 0 aromatic heterocycles. The number of hydrogen-bond acceptors (Lipinski definition) is 3. The number of rotatable bonds is 4. The molecule has 0 radical (unpaired) electrons. The average molecular weight is 311 g/mol. The minimum absolute atomic E-state index is 0.0623. The Labute approximate surface area is 128 Å². The number of hydrogen-bond donors (Lipinski definition) is 3. The molecule has 0 aliphatic carbocycles. The summed E-state index contributed by atoms with van der Waals surface area (Å²) in [7, 11) is 0. The maximum Gasteiger partial charge on any atom is 0.339 e. The first-order valence-electron chi connectivity index (χ1n) is 7.04. The second kappa shape index (κ2) is 6.45. The number of carbonyl (C=O) groups is 2. The maximum absolute atomic E-state index is 12.6. The van der Waals surface area contributed by atoms with E-state index in [1.807, 2.05) is 6.92 Å². The normalized spacial score (nSPS) is 17.2. The Morgan fingerprint density at radius 3 is 2.62 bits per heavy atom. The number of aromatic carboxylic acids is 1. The fraction of sp³-hybridized carbons (Fsp3) is 0.467. The van der Waals surface area contributed by atoms with E-state index in [1.165, 1.54) is 6.07 Å². The van der Waals surface area contributed by atoms with Gasteiger partial charge in [0.05, 0.1) is 16.1 Å². The van der Waals surface area contributed by atoms with Crippen molar-refractivity contribution >= 4 is 29.2 Å². The van der Waals surface area contributed by atoms with Crippen molar-refractivity contribution in [2.75, 3.05) is 18.4 Å². The number of carboxylic acid groups (broad SMARTS) is 1. The van der Waals surface area contributed by atoms with Crippen LogP contribution in [0.2, 0.25) is 5.02 Å². The predicted octanol–water partition coefficient (Wildman–Crippen LogP) is 2.76. The quantitative estimate of drug-likeness (QED) is 0.799. The SMILES string of the molecule is CCC1(C(=O)Nc2cccc(Cl)c2C(=O)O)CCNCC1. The summed E-state index contributed by atoms with van der Waals surface area (Å²) < 4.78 is 0. The van der Waals surface area contributed by atoms with Gasteiger partial charge in [0, 0.05) is 0 Å². The summed E-state index contributed by atoms with van der Waals surface area (Å²) in [5.41, 5.74) is -0.248. The second-order valence-electron chi connectivity index (χ2n) is 5.31. The summed E-state index contributed by atoms with van der Waals surface area (Å²) >= 11 is 5.92. The zero-order valence-electron chi connectivity index (χ0n) is 11.9. The zero-order valence-corrected chi connectivity index (χ0v) is 12.7. The molecule has 1 aliphatic heterocycles. The van der Waals surface area contributed by atoms with Crippen molar-refractivity contribution in [3.05, 3.63) is 28.8 Å². The highest BCUT2D eigenvalue weighted by Crippen LogP contribution is 2.35. The first-order valence-corrected chi connectivity index (χ1v) is 7.42. The molecule has 5 nitrogen and oxygen atoms in total. The van der Waals surface area contributed by atoms with E-state index in [9.17, 15) is 14.7 Å². The summed E-state index contributed by atoms with van der Waals surface area (Å²) in [5.74, 6) is -1.27. The minimum atomic E-state index is -1.15. The van der Waals surface area contributed by atoms with Gasteiger partial charge in [0.25, 0.3) is 0 Å². The van der Waals surface area contributed by atoms with Crippen LogP contribution in [0.15, 0.2) is 18.2 Å². The number of carbonyl (C=O) groups excluding carboxylic acids is 1. The highest BCUT2D eigenvalue weighted by Gasteiger charge is 2.38. The van der Waals surface area contributed by atoms with Gasteiger partial charge < -0.3 is 15.7 Å². The third kappa shape index (κ3) is 3.19. The average Bonchev–Trinajstić information content (AvgIpc) is 2.47. The van der Waals surface area contributed by atoms with Crippen LogP contribution in [0.1, 0.15) is 36.5 Å². The number of amides is 1. The molecule has 21 heavy (non-hydrogen) atoms. The van der Waals surface area contributed by atoms with Crippen molar-refractivity contribution in [3.63, 3.8) is 0 Å². The van der Waals surface area contributed by atoms with E-state index >= 15 is 0 Å². The Balaban J connectivity index is 2.27. The Hall–Kier alpha value is -1.59. The van der Waals surface area contributed by atoms with Gasteiger partial charge in [-0.05, 0) is 44.5 Å². The van der Waals surface area contributed by atoms with Crippen molar-refractivity contribution in [1.82, 2.24) is 5.32 Å². The lowest BCUT2D eigenvalue weighted by molar-refractivity contribution is -0.127. The third-order valence-corrected chi connectivity index (χ3v) is 4.51. The molecule has 1 aliphatic rings. The van der Waals surface area contributed by atoms with Gasteiger partial charge in [-0.3, -0.25) is 4.79 Å². The van der Waals surface area contributed by atoms with Crippen LogP contribution in [0.4, 0.5) is 5.69 Å². The number of nitrogens with one attached hydrogen (secondary N) is 2. The van der Waals surface area contributed by atoms with E-state index in [4.69, 9.17) is 11.6 Å². The van der Waals surface area contributed by atoms with Gasteiger partial charge in [0.2, 0.25) is 5.91 Å². The summed E-state index contributed by atoms with van der Waals surface area (Å²) in [5, 5.41) is 15.4. The first-order chi connectivity index (χ1) is 10.00. The van der Waals surface area contributed by atoms with Crippen LogP contribution in [0, 0.1) is 5.41 Å². The molecule has 1 amide bonds. The smallest absolute Gasteiger partial charge is 0.339 e. The fourth-order valence-electron chi connectivity index (χ4n) is 2.75. The van der Waals surface area contributed by atoms with E-state index in [-0.39, 0.29) is 22.2 Å². The molecular formula is C15H19ClN2O3. The van der Waals surface area contributed by atoms with E-state index in [0.29, 0.717) is 0 Å². The van der Waals surface area contributed by atoms with Crippen LogP contribution >= 0.6 is 11.6 Å². The number of piperidine rings is 1. The van der Waals surface area contributed by atoms with Gasteiger partial charge in [-0.25, -0.2) is 4.79 Å². The van der Waals surface area contributed by atoms with Gasteiger partial charge >= 0.3 is 5.97 Å². The highest BCUT2D eigenvalue weighted by molar-refractivity contribution is 6.34. The van der Waals surface area contributed by atoms with Crippen molar-refractivity contribution in [1.29, 1.82) is 0 Å². The summed E-state index contributed by atoms with van der Waals surface area (Å²) in [6.45, 7) is 3.58. The number of halogens is 1. The van der Waals surface area contributed by atoms with E-state index < -0.39 is 11.4 Å². The first kappa shape index (κ1) is 15.8. The zero-order chi connectivity index (χ0) is 15.5. The third-order valence-electron chi connectivity index (χ3n) is 4.19. The Morgan fingerprint density at radius 1 is 1.38 bits per heavy atom. The molecule has 0 spiro atoms. The molecule has 0 unspecified atom stereocenters. The lowest BCUT2D eigenvalue weighted by Crippen LogP contribution is -2.44. The molecule has 1 aromatic rings. The van der Waals surface area contributed by atoms with Crippen molar-refractivity contribution < 1.29 is 14.7 Å². The van der Waals surface area contributed by atoms with Crippen LogP contribution in [0.25, 0.3) is 0 Å². The van der Waals surface area contributed by atoms with Crippen LogP contribution in [0.5, 0.6) is 0 Å². The second-order valence-corrected chi connectivity index (χ2v) is 5.71. The molecule has 1 fully saturated rings. The lowest BCUT2D eigenvalue weighted by Gasteiger charge is -2.35. The van der Waals surface area contributed by atoms with Crippen LogP contribution < -0.4 is 10.6 Å². The topological polar surface area (TPSA) is 78.4 Å². The van der Waals surface area contributed by atoms with E-state index in [0.717, 1.165) is 32.4 Å². The van der Waals surface area contributed by atoms with Crippen molar-refractivity contribution in [2.45, 2.75) is 26.2 Å². The minimum Gasteiger partial charge on any atom is -0.478 e. The van der Waals surface area contributed by atoms with Gasteiger partial charge in [0.15, 0.2) is 0 Å². The standard InChI is InChI=1S/C15H19ClN2O3/c1-2-15(6-8-17-9-7-15)14(21)18-11-5-3-4-10(16)12(11)13(19)20/h3-5,17H,2,6-9H2,1H3,(H,18,21)(H,19,20). The van der Waals surface area contributed by atoms with Crippen molar-refractivity contribution in [3.8, 4) is 0 Å². The van der Waals surface area contributed by atoms with Crippen LogP contribution in [-0.2, 0) is 4.79 Å². The van der Waals surface area contributed by atoms with Gasteiger partial charge in [-0.1, -0.05) is 24.6 Å². The molecular weight excluding hydrogens is 292 g/mol. The number of anilines is 1. The summed E-state index contributed by atoms with van der Waals surface area (Å²) in [6.07, 6.45) is 2.22. The van der Waals surface area contributed by atoms with Crippen LogP contribution in [-0.4, -0.2) is 30.1 Å². The van der Waals surface area contributed by atoms with Gasteiger partial charge in [-0.2, -0.15) is 0 Å². The molecule has 2 rings (SSSR count). The van der Waals surface area contributed by atoms with E-state index in [1.54, 1.807) is 12.1 Å². The molecule has 1 saturated heterocycles. The highest BCUT2D eigenvalue weighted by atomic mass is 35.5. The fourth-order valence-corrected chi connectivity index (χ4v) is 3.00. The number of carboxylic acids is 1. The Morgan fingerprint density at radius 2 is 2.05 bits per heavy atom. The molecule has 0 atom stereocenters. The lowest BCUT2D eigenvalue weighted by atomic mass is 9.76. The molecule has 114 valence electrons. The molecule has 3 N–H and O–H groups in total. The summed E-state index contributed by atoms with van der Waals surface area (Å²) in [6, 6.07) is 4.70. The molecule has 0 saturated carbocycles. The van der Waals surface area contributed by atoms with Gasteiger partial charge in [0.1, 0.15) is 5.56 Å². The molecule has 1 heterocycles.